The number of nitrogens with zero attached hydrogens (tertiary/aromatic N) is 1. The van der Waals surface area contributed by atoms with Gasteiger partial charge in [-0.15, -0.1) is 0 Å². The molecule has 1 aromatic rings. The monoisotopic (exact) mass is 206 g/mol. The van der Waals surface area contributed by atoms with Crippen LogP contribution in [0.25, 0.3) is 0 Å². The van der Waals surface area contributed by atoms with E-state index in [0.717, 1.165) is 13.0 Å². The number of anilines is 1. The van der Waals surface area contributed by atoms with Crippen molar-refractivity contribution in [2.24, 2.45) is 0 Å². The molecule has 0 aliphatic heterocycles. The molecule has 84 valence electrons. The standard InChI is InChI=1S/C13H22N2/c1-5-13(14-3)11-7-9-12(10-8-11)15(4)6-2/h7-10,13-14H,5-6H2,1-4H3. The Morgan fingerprint density at radius 1 is 1.20 bits per heavy atom. The molecule has 0 saturated carbocycles. The van der Waals surface area contributed by atoms with Gasteiger partial charge in [0, 0.05) is 25.3 Å². The molecule has 0 bridgehead atoms. The molecule has 2 heteroatoms. The molecule has 1 unspecified atom stereocenters. The summed E-state index contributed by atoms with van der Waals surface area (Å²) >= 11 is 0. The van der Waals surface area contributed by atoms with Crippen molar-refractivity contribution in [2.45, 2.75) is 26.3 Å². The summed E-state index contributed by atoms with van der Waals surface area (Å²) in [7, 11) is 4.13. The van der Waals surface area contributed by atoms with Crippen molar-refractivity contribution in [1.82, 2.24) is 5.32 Å². The van der Waals surface area contributed by atoms with Crippen molar-refractivity contribution < 1.29 is 0 Å². The third-order valence-electron chi connectivity index (χ3n) is 2.97. The van der Waals surface area contributed by atoms with E-state index in [1.165, 1.54) is 11.3 Å². The molecule has 0 saturated heterocycles. The van der Waals surface area contributed by atoms with Crippen LogP contribution in [0.5, 0.6) is 0 Å². The van der Waals surface area contributed by atoms with Gasteiger partial charge in [-0.3, -0.25) is 0 Å². The largest absolute Gasteiger partial charge is 0.375 e. The number of nitrogens with one attached hydrogen (secondary N) is 1. The van der Waals surface area contributed by atoms with E-state index in [9.17, 15) is 0 Å². The lowest BCUT2D eigenvalue weighted by Gasteiger charge is -2.19. The molecular formula is C13H22N2. The molecule has 1 atom stereocenters. The maximum Gasteiger partial charge on any atom is 0.0363 e. The topological polar surface area (TPSA) is 15.3 Å². The van der Waals surface area contributed by atoms with Gasteiger partial charge < -0.3 is 10.2 Å². The molecule has 1 aromatic carbocycles. The Morgan fingerprint density at radius 2 is 1.80 bits per heavy atom. The summed E-state index contributed by atoms with van der Waals surface area (Å²) in [5.41, 5.74) is 2.65. The number of benzene rings is 1. The van der Waals surface area contributed by atoms with Gasteiger partial charge in [0.15, 0.2) is 0 Å². The third kappa shape index (κ3) is 2.96. The molecule has 0 spiro atoms. The van der Waals surface area contributed by atoms with Crippen molar-refractivity contribution in [3.05, 3.63) is 29.8 Å². The van der Waals surface area contributed by atoms with Crippen LogP contribution in [0.15, 0.2) is 24.3 Å². The van der Waals surface area contributed by atoms with Crippen LogP contribution in [0, 0.1) is 0 Å². The van der Waals surface area contributed by atoms with Gasteiger partial charge in [-0.1, -0.05) is 19.1 Å². The predicted octanol–water partition coefficient (Wildman–Crippen LogP) is 2.81. The van der Waals surface area contributed by atoms with Crippen LogP contribution >= 0.6 is 0 Å². The van der Waals surface area contributed by atoms with Crippen LogP contribution in [0.2, 0.25) is 0 Å². The second kappa shape index (κ2) is 5.76. The lowest BCUT2D eigenvalue weighted by molar-refractivity contribution is 0.577. The summed E-state index contributed by atoms with van der Waals surface area (Å²) in [6.45, 7) is 5.41. The molecule has 0 amide bonds. The molecule has 1 rings (SSSR count). The van der Waals surface area contributed by atoms with E-state index in [4.69, 9.17) is 0 Å². The number of hydrogen-bond donors (Lipinski definition) is 1. The van der Waals surface area contributed by atoms with Gasteiger partial charge in [0.1, 0.15) is 0 Å². The summed E-state index contributed by atoms with van der Waals surface area (Å²) in [6.07, 6.45) is 1.12. The fourth-order valence-corrected chi connectivity index (χ4v) is 1.75. The highest BCUT2D eigenvalue weighted by molar-refractivity contribution is 5.47. The minimum Gasteiger partial charge on any atom is -0.375 e. The summed E-state index contributed by atoms with van der Waals surface area (Å²) in [4.78, 5) is 2.24. The van der Waals surface area contributed by atoms with E-state index in [1.54, 1.807) is 0 Å². The minimum absolute atomic E-state index is 0.478. The molecule has 0 aromatic heterocycles. The van der Waals surface area contributed by atoms with Gasteiger partial charge in [0.25, 0.3) is 0 Å². The van der Waals surface area contributed by atoms with Crippen molar-refractivity contribution in [3.8, 4) is 0 Å². The third-order valence-corrected chi connectivity index (χ3v) is 2.97. The second-order valence-electron chi connectivity index (χ2n) is 3.86. The van der Waals surface area contributed by atoms with Crippen LogP contribution in [0.1, 0.15) is 31.9 Å². The first-order chi connectivity index (χ1) is 7.22. The molecule has 0 heterocycles. The zero-order valence-corrected chi connectivity index (χ0v) is 10.2. The molecule has 15 heavy (non-hydrogen) atoms. The van der Waals surface area contributed by atoms with Crippen LogP contribution in [-0.4, -0.2) is 20.6 Å². The molecule has 0 fully saturated rings. The van der Waals surface area contributed by atoms with Gasteiger partial charge in [-0.05, 0) is 38.1 Å². The molecule has 0 radical (unpaired) electrons. The van der Waals surface area contributed by atoms with Crippen LogP contribution in [0.4, 0.5) is 5.69 Å². The minimum atomic E-state index is 0.478. The number of hydrogen-bond acceptors (Lipinski definition) is 2. The Balaban J connectivity index is 2.79. The van der Waals surface area contributed by atoms with E-state index < -0.39 is 0 Å². The van der Waals surface area contributed by atoms with Gasteiger partial charge in [-0.2, -0.15) is 0 Å². The van der Waals surface area contributed by atoms with Gasteiger partial charge in [-0.25, -0.2) is 0 Å². The summed E-state index contributed by atoms with van der Waals surface area (Å²) < 4.78 is 0. The van der Waals surface area contributed by atoms with Crippen molar-refractivity contribution in [3.63, 3.8) is 0 Å². The first-order valence-corrected chi connectivity index (χ1v) is 5.71. The first kappa shape index (κ1) is 12.1. The van der Waals surface area contributed by atoms with Gasteiger partial charge >= 0.3 is 0 Å². The zero-order valence-electron chi connectivity index (χ0n) is 10.2. The summed E-state index contributed by atoms with van der Waals surface area (Å²) in [5, 5.41) is 3.32. The summed E-state index contributed by atoms with van der Waals surface area (Å²) in [6, 6.07) is 9.29. The SMILES string of the molecule is CCC(NC)c1ccc(N(C)CC)cc1. The molecule has 1 N–H and O–H groups in total. The number of rotatable bonds is 5. The average Bonchev–Trinajstić information content (AvgIpc) is 2.30. The normalized spacial score (nSPS) is 12.5. The highest BCUT2D eigenvalue weighted by Crippen LogP contribution is 2.20. The quantitative estimate of drug-likeness (QED) is 0.797. The van der Waals surface area contributed by atoms with E-state index in [-0.39, 0.29) is 0 Å². The van der Waals surface area contributed by atoms with Gasteiger partial charge in [0.2, 0.25) is 0 Å². The summed E-state index contributed by atoms with van der Waals surface area (Å²) in [5.74, 6) is 0. The van der Waals surface area contributed by atoms with Crippen molar-refractivity contribution in [2.75, 3.05) is 25.5 Å². The maximum atomic E-state index is 3.32. The molecule has 0 aliphatic rings. The maximum absolute atomic E-state index is 3.32. The molecule has 0 aliphatic carbocycles. The van der Waals surface area contributed by atoms with Crippen LogP contribution in [0.3, 0.4) is 0 Å². The Hall–Kier alpha value is -1.02. The Morgan fingerprint density at radius 3 is 2.20 bits per heavy atom. The predicted molar refractivity (Wildman–Crippen MR) is 67.5 cm³/mol. The van der Waals surface area contributed by atoms with Crippen LogP contribution in [-0.2, 0) is 0 Å². The van der Waals surface area contributed by atoms with E-state index in [1.807, 2.05) is 7.05 Å². The first-order valence-electron chi connectivity index (χ1n) is 5.71. The van der Waals surface area contributed by atoms with E-state index in [2.05, 4.69) is 55.4 Å². The van der Waals surface area contributed by atoms with Crippen molar-refractivity contribution >= 4 is 5.69 Å². The Kier molecular flexibility index (Phi) is 4.63. The van der Waals surface area contributed by atoms with E-state index in [0.29, 0.717) is 6.04 Å². The fraction of sp³-hybridized carbons (Fsp3) is 0.538. The smallest absolute Gasteiger partial charge is 0.0363 e. The van der Waals surface area contributed by atoms with E-state index >= 15 is 0 Å². The second-order valence-corrected chi connectivity index (χ2v) is 3.86. The molecular weight excluding hydrogens is 184 g/mol. The lowest BCUT2D eigenvalue weighted by atomic mass is 10.0. The Bertz CT molecular complexity index is 275. The average molecular weight is 206 g/mol. The van der Waals surface area contributed by atoms with Gasteiger partial charge in [0.05, 0.1) is 0 Å². The van der Waals surface area contributed by atoms with Crippen molar-refractivity contribution in [1.29, 1.82) is 0 Å². The highest BCUT2D eigenvalue weighted by Gasteiger charge is 2.06. The lowest BCUT2D eigenvalue weighted by Crippen LogP contribution is -2.17. The van der Waals surface area contributed by atoms with Crippen LogP contribution < -0.4 is 10.2 Å². The Labute approximate surface area is 93.3 Å². The molecule has 2 nitrogen and oxygen atoms in total. The zero-order chi connectivity index (χ0) is 11.3. The highest BCUT2D eigenvalue weighted by atomic mass is 15.1. The fourth-order valence-electron chi connectivity index (χ4n) is 1.75.